The second-order valence-corrected chi connectivity index (χ2v) is 7.43. The first-order chi connectivity index (χ1) is 9.93. The summed E-state index contributed by atoms with van der Waals surface area (Å²) in [7, 11) is 0. The number of rotatable bonds is 4. The minimum Gasteiger partial charge on any atom is -0.369 e. The summed E-state index contributed by atoms with van der Waals surface area (Å²) >= 11 is 6.24. The van der Waals surface area contributed by atoms with Crippen molar-refractivity contribution in [2.75, 3.05) is 18.0 Å². The highest BCUT2D eigenvalue weighted by Gasteiger charge is 2.32. The van der Waals surface area contributed by atoms with Crippen molar-refractivity contribution in [1.82, 2.24) is 5.32 Å². The Labute approximate surface area is 132 Å². The third-order valence-electron chi connectivity index (χ3n) is 4.12. The maximum atomic E-state index is 6.24. The number of ether oxygens (including phenoxy) is 1. The molecule has 2 fully saturated rings. The Hall–Kier alpha value is -0.770. The highest BCUT2D eigenvalue weighted by Crippen LogP contribution is 2.31. The van der Waals surface area contributed by atoms with E-state index >= 15 is 0 Å². The predicted molar refractivity (Wildman–Crippen MR) is 88.2 cm³/mol. The standard InChI is InChI=1S/C17H25ClN2O/c1-12-10-20(11-17(2,3)21-12)16-8-14(18)5-4-13(16)9-19-15-6-7-15/h4-5,8,12,15,19H,6-7,9-11H2,1-3H3. The van der Waals surface area contributed by atoms with Gasteiger partial charge in [0.15, 0.2) is 0 Å². The number of anilines is 1. The van der Waals surface area contributed by atoms with Gasteiger partial charge < -0.3 is 15.0 Å². The summed E-state index contributed by atoms with van der Waals surface area (Å²) in [4.78, 5) is 2.42. The second kappa shape index (κ2) is 5.79. The smallest absolute Gasteiger partial charge is 0.0805 e. The third kappa shape index (κ3) is 3.91. The van der Waals surface area contributed by atoms with Crippen LogP contribution in [-0.4, -0.2) is 30.8 Å². The Morgan fingerprint density at radius 1 is 1.38 bits per heavy atom. The lowest BCUT2D eigenvalue weighted by Crippen LogP contribution is -2.52. The number of morpholine rings is 1. The lowest BCUT2D eigenvalue weighted by Gasteiger charge is -2.43. The van der Waals surface area contributed by atoms with Crippen LogP contribution in [0.4, 0.5) is 5.69 Å². The number of hydrogen-bond donors (Lipinski definition) is 1. The molecule has 116 valence electrons. The van der Waals surface area contributed by atoms with E-state index in [2.05, 4.69) is 43.1 Å². The van der Waals surface area contributed by atoms with Crippen LogP contribution >= 0.6 is 11.6 Å². The van der Waals surface area contributed by atoms with E-state index in [9.17, 15) is 0 Å². The molecule has 1 aromatic carbocycles. The first-order valence-electron chi connectivity index (χ1n) is 7.87. The SMILES string of the molecule is CC1CN(c2cc(Cl)ccc2CNC2CC2)CC(C)(C)O1. The molecule has 3 rings (SSSR count). The number of benzene rings is 1. The summed E-state index contributed by atoms with van der Waals surface area (Å²) in [6.07, 6.45) is 2.85. The fraction of sp³-hybridized carbons (Fsp3) is 0.647. The van der Waals surface area contributed by atoms with Crippen molar-refractivity contribution in [3.05, 3.63) is 28.8 Å². The minimum absolute atomic E-state index is 0.124. The van der Waals surface area contributed by atoms with Crippen molar-refractivity contribution in [2.24, 2.45) is 0 Å². The quantitative estimate of drug-likeness (QED) is 0.920. The molecule has 1 saturated carbocycles. The molecule has 1 heterocycles. The van der Waals surface area contributed by atoms with Crippen LogP contribution < -0.4 is 10.2 Å². The van der Waals surface area contributed by atoms with Gasteiger partial charge in [0.1, 0.15) is 0 Å². The van der Waals surface area contributed by atoms with Gasteiger partial charge in [0.05, 0.1) is 11.7 Å². The van der Waals surface area contributed by atoms with Crippen LogP contribution in [0.25, 0.3) is 0 Å². The van der Waals surface area contributed by atoms with Gasteiger partial charge in [0, 0.05) is 36.4 Å². The molecule has 1 aliphatic heterocycles. The van der Waals surface area contributed by atoms with Gasteiger partial charge in [-0.2, -0.15) is 0 Å². The van der Waals surface area contributed by atoms with Crippen molar-refractivity contribution in [3.8, 4) is 0 Å². The molecule has 3 nitrogen and oxygen atoms in total. The van der Waals surface area contributed by atoms with E-state index in [1.807, 2.05) is 6.07 Å². The largest absolute Gasteiger partial charge is 0.369 e. The predicted octanol–water partition coefficient (Wildman–Crippen LogP) is 3.60. The summed E-state index contributed by atoms with van der Waals surface area (Å²) in [5.74, 6) is 0. The maximum absolute atomic E-state index is 6.24. The van der Waals surface area contributed by atoms with E-state index in [0.29, 0.717) is 6.04 Å². The van der Waals surface area contributed by atoms with E-state index in [0.717, 1.165) is 24.7 Å². The summed E-state index contributed by atoms with van der Waals surface area (Å²) < 4.78 is 6.01. The molecule has 0 bridgehead atoms. The van der Waals surface area contributed by atoms with Gasteiger partial charge in [-0.15, -0.1) is 0 Å². The Morgan fingerprint density at radius 3 is 2.81 bits per heavy atom. The molecule has 1 N–H and O–H groups in total. The Bertz CT molecular complexity index is 514. The molecule has 4 heteroatoms. The van der Waals surface area contributed by atoms with Crippen LogP contribution in [0, 0.1) is 0 Å². The van der Waals surface area contributed by atoms with Gasteiger partial charge in [-0.1, -0.05) is 17.7 Å². The summed E-state index contributed by atoms with van der Waals surface area (Å²) in [5, 5.41) is 4.41. The Morgan fingerprint density at radius 2 is 2.14 bits per heavy atom. The van der Waals surface area contributed by atoms with Crippen LogP contribution in [0.5, 0.6) is 0 Å². The van der Waals surface area contributed by atoms with Crippen molar-refractivity contribution >= 4 is 17.3 Å². The van der Waals surface area contributed by atoms with Crippen molar-refractivity contribution in [1.29, 1.82) is 0 Å². The van der Waals surface area contributed by atoms with Crippen LogP contribution in [0.1, 0.15) is 39.2 Å². The molecule has 21 heavy (non-hydrogen) atoms. The monoisotopic (exact) mass is 308 g/mol. The highest BCUT2D eigenvalue weighted by atomic mass is 35.5. The zero-order valence-electron chi connectivity index (χ0n) is 13.2. The Kier molecular flexibility index (Phi) is 4.17. The summed E-state index contributed by atoms with van der Waals surface area (Å²) in [5.41, 5.74) is 2.45. The number of hydrogen-bond acceptors (Lipinski definition) is 3. The molecule has 1 unspecified atom stereocenters. The zero-order chi connectivity index (χ0) is 15.0. The normalized spacial score (nSPS) is 25.1. The summed E-state index contributed by atoms with van der Waals surface area (Å²) in [6, 6.07) is 6.96. The molecule has 1 atom stereocenters. The molecule has 0 spiro atoms. The molecular weight excluding hydrogens is 284 g/mol. The average molecular weight is 309 g/mol. The molecule has 1 saturated heterocycles. The molecule has 0 amide bonds. The van der Waals surface area contributed by atoms with Crippen molar-refractivity contribution in [2.45, 2.75) is 57.9 Å². The molecule has 0 radical (unpaired) electrons. The third-order valence-corrected chi connectivity index (χ3v) is 4.35. The highest BCUT2D eigenvalue weighted by molar-refractivity contribution is 6.30. The van der Waals surface area contributed by atoms with Gasteiger partial charge in [0.2, 0.25) is 0 Å². The zero-order valence-corrected chi connectivity index (χ0v) is 13.9. The molecule has 1 aromatic rings. The van der Waals surface area contributed by atoms with Gasteiger partial charge in [-0.05, 0) is 51.3 Å². The van der Waals surface area contributed by atoms with Gasteiger partial charge in [-0.25, -0.2) is 0 Å². The summed E-state index contributed by atoms with van der Waals surface area (Å²) in [6.45, 7) is 9.18. The molecule has 1 aliphatic carbocycles. The van der Waals surface area contributed by atoms with Crippen LogP contribution in [-0.2, 0) is 11.3 Å². The van der Waals surface area contributed by atoms with Gasteiger partial charge in [0.25, 0.3) is 0 Å². The van der Waals surface area contributed by atoms with Crippen LogP contribution in [0.2, 0.25) is 5.02 Å². The van der Waals surface area contributed by atoms with Gasteiger partial charge >= 0.3 is 0 Å². The lowest BCUT2D eigenvalue weighted by molar-refractivity contribution is -0.0750. The van der Waals surface area contributed by atoms with Crippen LogP contribution in [0.3, 0.4) is 0 Å². The van der Waals surface area contributed by atoms with E-state index < -0.39 is 0 Å². The lowest BCUT2D eigenvalue weighted by atomic mass is 10.0. The fourth-order valence-electron chi connectivity index (χ4n) is 3.16. The van der Waals surface area contributed by atoms with E-state index in [1.54, 1.807) is 0 Å². The Balaban J connectivity index is 1.82. The van der Waals surface area contributed by atoms with Crippen LogP contribution in [0.15, 0.2) is 18.2 Å². The molecular formula is C17H25ClN2O. The molecule has 2 aliphatic rings. The van der Waals surface area contributed by atoms with Gasteiger partial charge in [-0.3, -0.25) is 0 Å². The topological polar surface area (TPSA) is 24.5 Å². The average Bonchev–Trinajstić information content (AvgIpc) is 3.19. The minimum atomic E-state index is -0.124. The van der Waals surface area contributed by atoms with E-state index in [1.165, 1.54) is 24.1 Å². The number of halogens is 1. The first kappa shape index (κ1) is 15.1. The first-order valence-corrected chi connectivity index (χ1v) is 8.25. The van der Waals surface area contributed by atoms with Crippen molar-refractivity contribution < 1.29 is 4.74 Å². The van der Waals surface area contributed by atoms with E-state index in [-0.39, 0.29) is 11.7 Å². The maximum Gasteiger partial charge on any atom is 0.0805 e. The fourth-order valence-corrected chi connectivity index (χ4v) is 3.33. The molecule has 0 aromatic heterocycles. The number of nitrogens with zero attached hydrogens (tertiary/aromatic N) is 1. The van der Waals surface area contributed by atoms with Crippen molar-refractivity contribution in [3.63, 3.8) is 0 Å². The van der Waals surface area contributed by atoms with E-state index in [4.69, 9.17) is 16.3 Å². The second-order valence-electron chi connectivity index (χ2n) is 7.00. The number of nitrogens with one attached hydrogen (secondary N) is 1.